The molecule has 0 aliphatic rings. The molecule has 6 heteroatoms. The first-order valence-electron chi connectivity index (χ1n) is 3.80. The summed E-state index contributed by atoms with van der Waals surface area (Å²) in [6, 6.07) is 1.76. The molecule has 1 nitrogen and oxygen atoms in total. The number of hydrogen-bond acceptors (Lipinski definition) is 1. The quantitative estimate of drug-likeness (QED) is 0.688. The van der Waals surface area contributed by atoms with E-state index in [9.17, 15) is 18.0 Å². The van der Waals surface area contributed by atoms with Gasteiger partial charge in [-0.05, 0) is 50.9 Å². The molecule has 0 aliphatic heterocycles. The molecule has 82 valence electrons. The van der Waals surface area contributed by atoms with Gasteiger partial charge in [-0.25, -0.2) is 0 Å². The van der Waals surface area contributed by atoms with Crippen molar-refractivity contribution >= 4 is 37.6 Å². The summed E-state index contributed by atoms with van der Waals surface area (Å²) in [4.78, 5) is 11.1. The largest absolute Gasteiger partial charge is 0.416 e. The molecule has 0 unspecified atom stereocenters. The third kappa shape index (κ3) is 2.81. The van der Waals surface area contributed by atoms with E-state index in [4.69, 9.17) is 0 Å². The van der Waals surface area contributed by atoms with E-state index >= 15 is 0 Å². The summed E-state index contributed by atoms with van der Waals surface area (Å²) >= 11 is 6.01. The summed E-state index contributed by atoms with van der Waals surface area (Å²) < 4.78 is 37.7. The number of benzene rings is 1. The Bertz CT molecular complexity index is 413. The van der Waals surface area contributed by atoms with E-state index in [1.165, 1.54) is 6.92 Å². The fraction of sp³-hybridized carbons (Fsp3) is 0.222. The van der Waals surface area contributed by atoms with Crippen LogP contribution in [0, 0.1) is 0 Å². The van der Waals surface area contributed by atoms with E-state index in [2.05, 4.69) is 31.9 Å². The first-order chi connectivity index (χ1) is 6.73. The molecule has 0 aliphatic carbocycles. The number of alkyl halides is 3. The lowest BCUT2D eigenvalue weighted by Crippen LogP contribution is -2.07. The lowest BCUT2D eigenvalue weighted by atomic mass is 10.1. The predicted molar refractivity (Wildman–Crippen MR) is 56.8 cm³/mol. The molecular weight excluding hydrogens is 341 g/mol. The van der Waals surface area contributed by atoms with Crippen LogP contribution in [-0.4, -0.2) is 5.78 Å². The molecule has 0 saturated carbocycles. The molecule has 0 aromatic heterocycles. The Morgan fingerprint density at radius 3 is 2.20 bits per heavy atom. The van der Waals surface area contributed by atoms with Gasteiger partial charge in [0, 0.05) is 14.5 Å². The van der Waals surface area contributed by atoms with Gasteiger partial charge in [0.2, 0.25) is 0 Å². The fourth-order valence-corrected chi connectivity index (χ4v) is 1.98. The van der Waals surface area contributed by atoms with Gasteiger partial charge in [-0.15, -0.1) is 0 Å². The summed E-state index contributed by atoms with van der Waals surface area (Å²) in [5.41, 5.74) is -0.834. The van der Waals surface area contributed by atoms with E-state index in [0.717, 1.165) is 12.1 Å². The van der Waals surface area contributed by atoms with Crippen molar-refractivity contribution in [3.8, 4) is 0 Å². The summed E-state index contributed by atoms with van der Waals surface area (Å²) in [6.45, 7) is 1.21. The van der Waals surface area contributed by atoms with E-state index in [1.807, 2.05) is 0 Å². The molecule has 0 amide bonds. The van der Waals surface area contributed by atoms with Crippen LogP contribution >= 0.6 is 31.9 Å². The van der Waals surface area contributed by atoms with E-state index in [1.54, 1.807) is 0 Å². The zero-order valence-electron chi connectivity index (χ0n) is 7.45. The monoisotopic (exact) mass is 344 g/mol. The van der Waals surface area contributed by atoms with Crippen LogP contribution in [0.1, 0.15) is 22.8 Å². The molecule has 15 heavy (non-hydrogen) atoms. The van der Waals surface area contributed by atoms with E-state index in [0.29, 0.717) is 4.47 Å². The smallest absolute Gasteiger partial charge is 0.294 e. The van der Waals surface area contributed by atoms with Gasteiger partial charge in [-0.3, -0.25) is 4.79 Å². The maximum Gasteiger partial charge on any atom is 0.416 e. The molecule has 1 aromatic carbocycles. The van der Waals surface area contributed by atoms with Crippen molar-refractivity contribution in [1.29, 1.82) is 0 Å². The van der Waals surface area contributed by atoms with Gasteiger partial charge in [0.15, 0.2) is 5.78 Å². The highest BCUT2D eigenvalue weighted by Crippen LogP contribution is 2.36. The molecule has 1 aromatic rings. The van der Waals surface area contributed by atoms with Crippen LogP contribution in [0.4, 0.5) is 13.2 Å². The molecule has 0 bridgehead atoms. The van der Waals surface area contributed by atoms with Gasteiger partial charge in [-0.1, -0.05) is 0 Å². The minimum atomic E-state index is -4.45. The van der Waals surface area contributed by atoms with Crippen LogP contribution in [0.3, 0.4) is 0 Å². The van der Waals surface area contributed by atoms with Gasteiger partial charge in [-0.2, -0.15) is 13.2 Å². The topological polar surface area (TPSA) is 17.1 Å². The second-order valence-electron chi connectivity index (χ2n) is 2.87. The summed E-state index contributed by atoms with van der Waals surface area (Å²) in [5, 5.41) is 0. The van der Waals surface area contributed by atoms with Crippen molar-refractivity contribution in [3.63, 3.8) is 0 Å². The van der Waals surface area contributed by atoms with Gasteiger partial charge in [0.1, 0.15) is 0 Å². The molecule has 0 N–H and O–H groups in total. The minimum Gasteiger partial charge on any atom is -0.294 e. The summed E-state index contributed by atoms with van der Waals surface area (Å²) in [5.74, 6) is -0.423. The Hall–Kier alpha value is -0.360. The third-order valence-electron chi connectivity index (χ3n) is 1.73. The Kier molecular flexibility index (Phi) is 3.60. The molecule has 0 heterocycles. The second kappa shape index (κ2) is 4.25. The standard InChI is InChI=1S/C9H5Br2F3O/c1-4(15)6-2-5(9(12,13)14)3-7(10)8(6)11/h2-3H,1H3. The number of Topliss-reactive ketones (excluding diaryl/α,β-unsaturated/α-hetero) is 1. The zero-order chi connectivity index (χ0) is 11.8. The average molecular weight is 346 g/mol. The zero-order valence-corrected chi connectivity index (χ0v) is 10.6. The normalized spacial score (nSPS) is 11.6. The van der Waals surface area contributed by atoms with Gasteiger partial charge in [0.25, 0.3) is 0 Å². The van der Waals surface area contributed by atoms with Gasteiger partial charge >= 0.3 is 6.18 Å². The minimum absolute atomic E-state index is 0.0108. The maximum absolute atomic E-state index is 12.4. The lowest BCUT2D eigenvalue weighted by molar-refractivity contribution is -0.137. The first-order valence-corrected chi connectivity index (χ1v) is 5.39. The molecule has 0 spiro atoms. The number of rotatable bonds is 1. The lowest BCUT2D eigenvalue weighted by Gasteiger charge is -2.10. The fourth-order valence-electron chi connectivity index (χ4n) is 1.01. The molecular formula is C9H5Br2F3O. The van der Waals surface area contributed by atoms with E-state index < -0.39 is 17.5 Å². The molecule has 0 atom stereocenters. The van der Waals surface area contributed by atoms with Crippen LogP contribution in [0.25, 0.3) is 0 Å². The Morgan fingerprint density at radius 1 is 1.27 bits per heavy atom. The van der Waals surface area contributed by atoms with Crippen molar-refractivity contribution in [2.75, 3.05) is 0 Å². The molecule has 1 rings (SSSR count). The van der Waals surface area contributed by atoms with Crippen LogP contribution in [-0.2, 0) is 6.18 Å². The average Bonchev–Trinajstić information content (AvgIpc) is 2.06. The molecule has 0 fully saturated rings. The third-order valence-corrected chi connectivity index (χ3v) is 3.75. The van der Waals surface area contributed by atoms with Crippen LogP contribution < -0.4 is 0 Å². The van der Waals surface area contributed by atoms with Crippen molar-refractivity contribution in [2.45, 2.75) is 13.1 Å². The number of carbonyl (C=O) groups excluding carboxylic acids is 1. The van der Waals surface area contributed by atoms with Crippen molar-refractivity contribution in [2.24, 2.45) is 0 Å². The van der Waals surface area contributed by atoms with Crippen LogP contribution in [0.2, 0.25) is 0 Å². The van der Waals surface area contributed by atoms with Crippen LogP contribution in [0.15, 0.2) is 21.1 Å². The van der Waals surface area contributed by atoms with E-state index in [-0.39, 0.29) is 10.0 Å². The van der Waals surface area contributed by atoms with Gasteiger partial charge < -0.3 is 0 Å². The second-order valence-corrected chi connectivity index (χ2v) is 4.52. The highest BCUT2D eigenvalue weighted by atomic mass is 79.9. The number of hydrogen-bond donors (Lipinski definition) is 0. The van der Waals surface area contributed by atoms with Crippen molar-refractivity contribution < 1.29 is 18.0 Å². The summed E-state index contributed by atoms with van der Waals surface area (Å²) in [7, 11) is 0. The van der Waals surface area contributed by atoms with Crippen LogP contribution in [0.5, 0.6) is 0 Å². The van der Waals surface area contributed by atoms with Gasteiger partial charge in [0.05, 0.1) is 5.56 Å². The molecule has 0 saturated heterocycles. The highest BCUT2D eigenvalue weighted by Gasteiger charge is 2.32. The number of carbonyl (C=O) groups is 1. The van der Waals surface area contributed by atoms with Crippen molar-refractivity contribution in [1.82, 2.24) is 0 Å². The maximum atomic E-state index is 12.4. The predicted octanol–water partition coefficient (Wildman–Crippen LogP) is 4.43. The number of ketones is 1. The Morgan fingerprint density at radius 2 is 1.80 bits per heavy atom. The Balaban J connectivity index is 3.43. The SMILES string of the molecule is CC(=O)c1cc(C(F)(F)F)cc(Br)c1Br. The molecule has 0 radical (unpaired) electrons. The highest BCUT2D eigenvalue weighted by molar-refractivity contribution is 9.13. The number of halogens is 5. The summed E-state index contributed by atoms with van der Waals surface area (Å²) in [6.07, 6.45) is -4.45. The Labute approximate surface area is 101 Å². The first kappa shape index (κ1) is 12.7. The van der Waals surface area contributed by atoms with Crippen molar-refractivity contribution in [3.05, 3.63) is 32.2 Å².